The Kier molecular flexibility index (Phi) is 8.21. The van der Waals surface area contributed by atoms with Crippen molar-refractivity contribution in [3.05, 3.63) is 66.9 Å². The van der Waals surface area contributed by atoms with E-state index < -0.39 is 11.1 Å². The summed E-state index contributed by atoms with van der Waals surface area (Å²) in [6.45, 7) is 1.80. The molecule has 178 valence electrons. The monoisotopic (exact) mass is 584 g/mol. The molecule has 2 aliphatic heterocycles. The lowest BCUT2D eigenvalue weighted by atomic mass is 10.2. The molecular weight excluding hydrogens is 567 g/mol. The Morgan fingerprint density at radius 2 is 1.91 bits per heavy atom. The first-order valence-corrected chi connectivity index (χ1v) is 12.7. The molecule has 0 spiro atoms. The first kappa shape index (κ1) is 25.1. The fourth-order valence-electron chi connectivity index (χ4n) is 3.35. The van der Waals surface area contributed by atoms with Crippen molar-refractivity contribution in [1.29, 1.82) is 0 Å². The summed E-state index contributed by atoms with van der Waals surface area (Å²) in [6, 6.07) is 10.5. The maximum absolute atomic E-state index is 12.8. The molecule has 2 aliphatic rings. The number of halogens is 3. The summed E-state index contributed by atoms with van der Waals surface area (Å²) in [4.78, 5) is 40.4. The first-order chi connectivity index (χ1) is 16.3. The SMILES string of the molecule is O=C(CN1C(=O)S/C(=C\c2ccc(OCc3ccc(Cl)cc3Cl)c(Br)c2)C1=O)N1CCOCC1. The zero-order valence-corrected chi connectivity index (χ0v) is 21.7. The van der Waals surface area contributed by atoms with Crippen LogP contribution in [0.25, 0.3) is 6.08 Å². The number of ether oxygens (including phenoxy) is 2. The van der Waals surface area contributed by atoms with Gasteiger partial charge in [-0.2, -0.15) is 0 Å². The van der Waals surface area contributed by atoms with E-state index in [1.165, 1.54) is 0 Å². The largest absolute Gasteiger partial charge is 0.488 e. The van der Waals surface area contributed by atoms with Gasteiger partial charge in [0.2, 0.25) is 5.91 Å². The van der Waals surface area contributed by atoms with Crippen molar-refractivity contribution < 1.29 is 23.9 Å². The summed E-state index contributed by atoms with van der Waals surface area (Å²) in [7, 11) is 0. The Morgan fingerprint density at radius 3 is 2.62 bits per heavy atom. The van der Waals surface area contributed by atoms with E-state index in [1.807, 2.05) is 0 Å². The maximum Gasteiger partial charge on any atom is 0.294 e. The molecule has 2 heterocycles. The fraction of sp³-hybridized carbons (Fsp3) is 0.261. The summed E-state index contributed by atoms with van der Waals surface area (Å²) in [5, 5.41) is 0.606. The van der Waals surface area contributed by atoms with Crippen LogP contribution in [0, 0.1) is 0 Å². The van der Waals surface area contributed by atoms with Crippen molar-refractivity contribution in [2.75, 3.05) is 32.8 Å². The van der Waals surface area contributed by atoms with E-state index in [2.05, 4.69) is 15.9 Å². The zero-order valence-electron chi connectivity index (χ0n) is 17.8. The number of morpholine rings is 1. The molecule has 2 saturated heterocycles. The first-order valence-electron chi connectivity index (χ1n) is 10.3. The molecule has 7 nitrogen and oxygen atoms in total. The topological polar surface area (TPSA) is 76.2 Å². The molecule has 0 radical (unpaired) electrons. The lowest BCUT2D eigenvalue weighted by molar-refractivity contribution is -0.139. The van der Waals surface area contributed by atoms with Gasteiger partial charge in [-0.05, 0) is 63.6 Å². The van der Waals surface area contributed by atoms with Crippen LogP contribution >= 0.6 is 50.9 Å². The van der Waals surface area contributed by atoms with E-state index in [0.717, 1.165) is 22.2 Å². The van der Waals surface area contributed by atoms with Crippen molar-refractivity contribution >= 4 is 74.0 Å². The number of amides is 3. The van der Waals surface area contributed by atoms with Gasteiger partial charge in [-0.25, -0.2) is 0 Å². The van der Waals surface area contributed by atoms with E-state index >= 15 is 0 Å². The summed E-state index contributed by atoms with van der Waals surface area (Å²) in [5.41, 5.74) is 1.50. The Hall–Kier alpha value is -2.04. The van der Waals surface area contributed by atoms with Gasteiger partial charge in [0.25, 0.3) is 11.1 Å². The average Bonchev–Trinajstić information content (AvgIpc) is 3.07. The highest BCUT2D eigenvalue weighted by Crippen LogP contribution is 2.34. The number of hydrogen-bond acceptors (Lipinski definition) is 6. The van der Waals surface area contributed by atoms with E-state index in [0.29, 0.717) is 52.1 Å². The number of benzene rings is 2. The Morgan fingerprint density at radius 1 is 1.15 bits per heavy atom. The molecule has 34 heavy (non-hydrogen) atoms. The second-order valence-electron chi connectivity index (χ2n) is 7.48. The lowest BCUT2D eigenvalue weighted by Gasteiger charge is -2.28. The minimum Gasteiger partial charge on any atom is -0.488 e. The molecule has 3 amide bonds. The van der Waals surface area contributed by atoms with E-state index in [1.54, 1.807) is 47.4 Å². The zero-order chi connectivity index (χ0) is 24.2. The number of nitrogens with zero attached hydrogens (tertiary/aromatic N) is 2. The quantitative estimate of drug-likeness (QED) is 0.432. The number of carbonyl (C=O) groups excluding carboxylic acids is 3. The van der Waals surface area contributed by atoms with Gasteiger partial charge in [0.1, 0.15) is 18.9 Å². The van der Waals surface area contributed by atoms with E-state index in [-0.39, 0.29) is 24.0 Å². The molecule has 11 heteroatoms. The van der Waals surface area contributed by atoms with Crippen molar-refractivity contribution in [3.63, 3.8) is 0 Å². The summed E-state index contributed by atoms with van der Waals surface area (Å²) in [5.74, 6) is -0.158. The molecule has 0 N–H and O–H groups in total. The Labute approximate surface area is 219 Å². The minimum absolute atomic E-state index is 0.254. The molecule has 0 bridgehead atoms. The molecule has 4 rings (SSSR count). The van der Waals surface area contributed by atoms with Gasteiger partial charge in [0, 0.05) is 28.7 Å². The number of rotatable bonds is 6. The van der Waals surface area contributed by atoms with Crippen molar-refractivity contribution in [2.45, 2.75) is 6.61 Å². The van der Waals surface area contributed by atoms with Crippen molar-refractivity contribution in [1.82, 2.24) is 9.80 Å². The van der Waals surface area contributed by atoms with Gasteiger partial charge < -0.3 is 14.4 Å². The van der Waals surface area contributed by atoms with Crippen molar-refractivity contribution in [3.8, 4) is 5.75 Å². The summed E-state index contributed by atoms with van der Waals surface area (Å²) >= 11 is 16.4. The van der Waals surface area contributed by atoms with Gasteiger partial charge in [-0.3, -0.25) is 19.3 Å². The second-order valence-corrected chi connectivity index (χ2v) is 10.2. The average molecular weight is 586 g/mol. The molecule has 2 fully saturated rings. The van der Waals surface area contributed by atoms with Crippen LogP contribution in [-0.2, 0) is 20.9 Å². The fourth-order valence-corrected chi connectivity index (χ4v) is 5.17. The highest BCUT2D eigenvalue weighted by molar-refractivity contribution is 9.10. The van der Waals surface area contributed by atoms with Gasteiger partial charge in [0.05, 0.1) is 22.6 Å². The third kappa shape index (κ3) is 5.95. The van der Waals surface area contributed by atoms with Crippen LogP contribution in [0.15, 0.2) is 45.8 Å². The van der Waals surface area contributed by atoms with Gasteiger partial charge in [-0.15, -0.1) is 0 Å². The van der Waals surface area contributed by atoms with Gasteiger partial charge in [0.15, 0.2) is 0 Å². The van der Waals surface area contributed by atoms with Gasteiger partial charge >= 0.3 is 0 Å². The van der Waals surface area contributed by atoms with Crippen LogP contribution in [0.4, 0.5) is 4.79 Å². The Bertz CT molecular complexity index is 1170. The molecule has 0 aromatic heterocycles. The molecular formula is C23H19BrCl2N2O5S. The molecule has 0 atom stereocenters. The van der Waals surface area contributed by atoms with Crippen LogP contribution in [-0.4, -0.2) is 59.7 Å². The van der Waals surface area contributed by atoms with E-state index in [9.17, 15) is 14.4 Å². The number of carbonyl (C=O) groups is 3. The molecule has 0 unspecified atom stereocenters. The minimum atomic E-state index is -0.481. The molecule has 0 aliphatic carbocycles. The lowest BCUT2D eigenvalue weighted by Crippen LogP contribution is -2.46. The number of hydrogen-bond donors (Lipinski definition) is 0. The molecule has 2 aromatic carbocycles. The smallest absolute Gasteiger partial charge is 0.294 e. The predicted octanol–water partition coefficient (Wildman–Crippen LogP) is 5.23. The molecule has 0 saturated carbocycles. The van der Waals surface area contributed by atoms with Crippen LogP contribution in [0.1, 0.15) is 11.1 Å². The summed E-state index contributed by atoms with van der Waals surface area (Å²) in [6.07, 6.45) is 1.62. The van der Waals surface area contributed by atoms with Crippen LogP contribution in [0.2, 0.25) is 10.0 Å². The maximum atomic E-state index is 12.8. The van der Waals surface area contributed by atoms with E-state index in [4.69, 9.17) is 32.7 Å². The van der Waals surface area contributed by atoms with Crippen LogP contribution < -0.4 is 4.74 Å². The number of imide groups is 1. The third-order valence-electron chi connectivity index (χ3n) is 5.18. The summed E-state index contributed by atoms with van der Waals surface area (Å²) < 4.78 is 11.8. The Balaban J connectivity index is 1.41. The van der Waals surface area contributed by atoms with Gasteiger partial charge in [-0.1, -0.05) is 35.3 Å². The van der Waals surface area contributed by atoms with Crippen LogP contribution in [0.3, 0.4) is 0 Å². The normalized spacial score (nSPS) is 17.6. The number of thioether (sulfide) groups is 1. The van der Waals surface area contributed by atoms with Crippen LogP contribution in [0.5, 0.6) is 5.75 Å². The highest BCUT2D eigenvalue weighted by atomic mass is 79.9. The highest BCUT2D eigenvalue weighted by Gasteiger charge is 2.37. The second kappa shape index (κ2) is 11.1. The third-order valence-corrected chi connectivity index (χ3v) is 7.30. The standard InChI is InChI=1S/C23H19BrCl2N2O5S/c24-17-9-14(1-4-19(17)33-13-15-2-3-16(25)11-18(15)26)10-20-22(30)28(23(31)34-20)12-21(29)27-5-7-32-8-6-27/h1-4,9-11H,5-8,12-13H2/b20-10-. The van der Waals surface area contributed by atoms with Crippen molar-refractivity contribution in [2.24, 2.45) is 0 Å². The molecule has 2 aromatic rings. The predicted molar refractivity (Wildman–Crippen MR) is 135 cm³/mol.